The number of nitrogens with zero attached hydrogens (tertiary/aromatic N) is 1. The molecule has 0 saturated carbocycles. The van der Waals surface area contributed by atoms with Gasteiger partial charge in [0.25, 0.3) is 0 Å². The molecule has 3 rings (SSSR count). The van der Waals surface area contributed by atoms with Gasteiger partial charge in [0.1, 0.15) is 0 Å². The molecule has 0 aromatic heterocycles. The summed E-state index contributed by atoms with van der Waals surface area (Å²) in [6.07, 6.45) is 0.699. The maximum atomic E-state index is 12.9. The number of sulfonamides is 1. The Labute approximate surface area is 138 Å². The van der Waals surface area contributed by atoms with E-state index in [2.05, 4.69) is 6.58 Å². The van der Waals surface area contributed by atoms with Crippen molar-refractivity contribution in [3.8, 4) is 0 Å². The maximum Gasteiger partial charge on any atom is 0.243 e. The molecule has 0 N–H and O–H groups in total. The minimum Gasteiger partial charge on any atom is -0.207 e. The Morgan fingerprint density at radius 2 is 1.70 bits per heavy atom. The van der Waals surface area contributed by atoms with E-state index in [9.17, 15) is 8.42 Å². The van der Waals surface area contributed by atoms with Gasteiger partial charge < -0.3 is 0 Å². The average molecular weight is 327 g/mol. The minimum atomic E-state index is -3.45. The van der Waals surface area contributed by atoms with Gasteiger partial charge in [-0.1, -0.05) is 60.2 Å². The van der Waals surface area contributed by atoms with Crippen LogP contribution >= 0.6 is 0 Å². The van der Waals surface area contributed by atoms with Crippen molar-refractivity contribution < 1.29 is 8.42 Å². The second-order valence-electron chi connectivity index (χ2n) is 6.05. The average Bonchev–Trinajstić information content (AvgIpc) is 2.56. The molecule has 1 heterocycles. The van der Waals surface area contributed by atoms with E-state index in [-0.39, 0.29) is 5.92 Å². The van der Waals surface area contributed by atoms with Crippen LogP contribution in [0.3, 0.4) is 0 Å². The van der Waals surface area contributed by atoms with Gasteiger partial charge in [-0.25, -0.2) is 8.42 Å². The fraction of sp³-hybridized carbons (Fsp3) is 0.263. The molecule has 23 heavy (non-hydrogen) atoms. The maximum absolute atomic E-state index is 12.9. The molecule has 120 valence electrons. The molecule has 4 heteroatoms. The molecule has 1 saturated heterocycles. The normalized spacial score (nSPS) is 19.7. The van der Waals surface area contributed by atoms with Crippen LogP contribution in [0.15, 0.2) is 71.6 Å². The summed E-state index contributed by atoms with van der Waals surface area (Å²) in [6.45, 7) is 7.06. The van der Waals surface area contributed by atoms with E-state index >= 15 is 0 Å². The highest BCUT2D eigenvalue weighted by Crippen LogP contribution is 2.33. The summed E-state index contributed by atoms with van der Waals surface area (Å²) >= 11 is 0. The molecule has 1 aliphatic rings. The van der Waals surface area contributed by atoms with Crippen LogP contribution in [0.5, 0.6) is 0 Å². The van der Waals surface area contributed by atoms with Crippen molar-refractivity contribution in [1.82, 2.24) is 4.31 Å². The first-order chi connectivity index (χ1) is 11.0. The third-order valence-corrected chi connectivity index (χ3v) is 6.30. The van der Waals surface area contributed by atoms with Gasteiger partial charge >= 0.3 is 0 Å². The van der Waals surface area contributed by atoms with Gasteiger partial charge in [0.2, 0.25) is 10.0 Å². The second kappa shape index (κ2) is 6.30. The van der Waals surface area contributed by atoms with Crippen LogP contribution in [0.4, 0.5) is 0 Å². The van der Waals surface area contributed by atoms with Gasteiger partial charge in [-0.3, -0.25) is 0 Å². The van der Waals surface area contributed by atoms with Gasteiger partial charge in [0, 0.05) is 19.0 Å². The van der Waals surface area contributed by atoms with Gasteiger partial charge in [-0.15, -0.1) is 0 Å². The topological polar surface area (TPSA) is 37.4 Å². The van der Waals surface area contributed by atoms with Crippen molar-refractivity contribution in [2.24, 2.45) is 0 Å². The molecule has 1 fully saturated rings. The van der Waals surface area contributed by atoms with Crippen molar-refractivity contribution >= 4 is 10.0 Å². The molecule has 1 atom stereocenters. The summed E-state index contributed by atoms with van der Waals surface area (Å²) in [6, 6.07) is 17.1. The fourth-order valence-electron chi connectivity index (χ4n) is 2.97. The number of hydrogen-bond donors (Lipinski definition) is 0. The largest absolute Gasteiger partial charge is 0.243 e. The molecule has 0 spiro atoms. The Balaban J connectivity index is 1.89. The van der Waals surface area contributed by atoms with Gasteiger partial charge in [0.05, 0.1) is 4.90 Å². The molecule has 2 aromatic carbocycles. The van der Waals surface area contributed by atoms with Crippen LogP contribution in [0.1, 0.15) is 23.5 Å². The number of rotatable bonds is 3. The first-order valence-electron chi connectivity index (χ1n) is 7.78. The Morgan fingerprint density at radius 3 is 2.35 bits per heavy atom. The SMILES string of the molecule is C=C1CCN(S(=O)(=O)c2ccc(C)cc2)CC1c1ccccc1. The van der Waals surface area contributed by atoms with E-state index in [1.165, 1.54) is 0 Å². The molecule has 1 aliphatic heterocycles. The van der Waals surface area contributed by atoms with Crippen molar-refractivity contribution in [3.05, 3.63) is 77.9 Å². The summed E-state index contributed by atoms with van der Waals surface area (Å²) in [7, 11) is -3.45. The lowest BCUT2D eigenvalue weighted by atomic mass is 9.88. The van der Waals surface area contributed by atoms with E-state index in [4.69, 9.17) is 0 Å². The summed E-state index contributed by atoms with van der Waals surface area (Å²) in [5, 5.41) is 0. The van der Waals surface area contributed by atoms with Crippen LogP contribution < -0.4 is 0 Å². The van der Waals surface area contributed by atoms with Crippen molar-refractivity contribution in [2.45, 2.75) is 24.2 Å². The van der Waals surface area contributed by atoms with Crippen LogP contribution in [0, 0.1) is 6.92 Å². The summed E-state index contributed by atoms with van der Waals surface area (Å²) in [5.41, 5.74) is 3.28. The number of aryl methyl sites for hydroxylation is 1. The van der Waals surface area contributed by atoms with Crippen molar-refractivity contribution in [1.29, 1.82) is 0 Å². The monoisotopic (exact) mass is 327 g/mol. The van der Waals surface area contributed by atoms with Crippen LogP contribution in [-0.4, -0.2) is 25.8 Å². The number of piperidine rings is 1. The van der Waals surface area contributed by atoms with Gasteiger partial charge in [-0.05, 0) is 31.0 Å². The van der Waals surface area contributed by atoms with Crippen molar-refractivity contribution in [3.63, 3.8) is 0 Å². The van der Waals surface area contributed by atoms with Gasteiger partial charge in [0.15, 0.2) is 0 Å². The lowest BCUT2D eigenvalue weighted by Gasteiger charge is -2.34. The Morgan fingerprint density at radius 1 is 1.04 bits per heavy atom. The molecule has 0 amide bonds. The van der Waals surface area contributed by atoms with E-state index in [0.717, 1.165) is 16.7 Å². The summed E-state index contributed by atoms with van der Waals surface area (Å²) in [4.78, 5) is 0.363. The molecule has 3 nitrogen and oxygen atoms in total. The fourth-order valence-corrected chi connectivity index (χ4v) is 4.43. The van der Waals surface area contributed by atoms with E-state index in [1.54, 1.807) is 16.4 Å². The third-order valence-electron chi connectivity index (χ3n) is 4.42. The highest BCUT2D eigenvalue weighted by atomic mass is 32.2. The standard InChI is InChI=1S/C19H21NO2S/c1-15-8-10-18(11-9-15)23(21,22)20-13-12-16(2)19(14-20)17-6-4-3-5-7-17/h3-11,19H,2,12-14H2,1H3. The van der Waals surface area contributed by atoms with Crippen LogP contribution in [0.2, 0.25) is 0 Å². The highest BCUT2D eigenvalue weighted by Gasteiger charge is 2.32. The van der Waals surface area contributed by atoms with Crippen LogP contribution in [0.25, 0.3) is 0 Å². The van der Waals surface area contributed by atoms with E-state index < -0.39 is 10.0 Å². The van der Waals surface area contributed by atoms with Gasteiger partial charge in [-0.2, -0.15) is 4.31 Å². The third kappa shape index (κ3) is 3.23. The second-order valence-corrected chi connectivity index (χ2v) is 7.99. The van der Waals surface area contributed by atoms with Crippen molar-refractivity contribution in [2.75, 3.05) is 13.1 Å². The zero-order chi connectivity index (χ0) is 16.4. The highest BCUT2D eigenvalue weighted by molar-refractivity contribution is 7.89. The lowest BCUT2D eigenvalue weighted by molar-refractivity contribution is 0.364. The molecule has 0 bridgehead atoms. The molecule has 0 radical (unpaired) electrons. The smallest absolute Gasteiger partial charge is 0.207 e. The first-order valence-corrected chi connectivity index (χ1v) is 9.22. The molecular weight excluding hydrogens is 306 g/mol. The summed E-state index contributed by atoms with van der Waals surface area (Å²) < 4.78 is 27.3. The van der Waals surface area contributed by atoms with Crippen LogP contribution in [-0.2, 0) is 10.0 Å². The predicted octanol–water partition coefficient (Wildman–Crippen LogP) is 3.73. The lowest BCUT2D eigenvalue weighted by Crippen LogP contribution is -2.39. The molecular formula is C19H21NO2S. The number of hydrogen-bond acceptors (Lipinski definition) is 2. The molecule has 2 aromatic rings. The first kappa shape index (κ1) is 16.0. The molecule has 0 aliphatic carbocycles. The van der Waals surface area contributed by atoms with E-state index in [1.807, 2.05) is 49.4 Å². The molecule has 1 unspecified atom stereocenters. The quantitative estimate of drug-likeness (QED) is 0.806. The number of benzene rings is 2. The Bertz CT molecular complexity index is 795. The summed E-state index contributed by atoms with van der Waals surface area (Å²) in [5.74, 6) is 0.0603. The Kier molecular flexibility index (Phi) is 4.37. The minimum absolute atomic E-state index is 0.0603. The zero-order valence-electron chi connectivity index (χ0n) is 13.3. The van der Waals surface area contributed by atoms with E-state index in [0.29, 0.717) is 24.4 Å². The predicted molar refractivity (Wildman–Crippen MR) is 92.9 cm³/mol. The Hall–Kier alpha value is -1.91. The zero-order valence-corrected chi connectivity index (χ0v) is 14.1.